The Hall–Kier alpha value is -6.59. The summed E-state index contributed by atoms with van der Waals surface area (Å²) in [5.74, 6) is 13.0. The number of carbonyl (C=O) groups excluding carboxylic acids is 9. The van der Waals surface area contributed by atoms with E-state index in [9.17, 15) is 43.2 Å². The molecular formula is C101H148O18. The molecule has 18 heteroatoms. The van der Waals surface area contributed by atoms with Gasteiger partial charge >= 0.3 is 53.7 Å². The second-order valence-electron chi connectivity index (χ2n) is 40.8. The second-order valence-corrected chi connectivity index (χ2v) is 40.8. The van der Waals surface area contributed by atoms with Gasteiger partial charge in [-0.3, -0.25) is 4.79 Å². The Morgan fingerprint density at radius 3 is 0.992 bits per heavy atom. The highest BCUT2D eigenvalue weighted by molar-refractivity contribution is 5.94. The van der Waals surface area contributed by atoms with Crippen LogP contribution in [0.5, 0.6) is 0 Å². The molecule has 0 aliphatic heterocycles. The lowest BCUT2D eigenvalue weighted by Crippen LogP contribution is -2.45. The average Bonchev–Trinajstić information content (AvgIpc) is 1.59. The van der Waals surface area contributed by atoms with Crippen LogP contribution in [0, 0.1) is 130 Å². The molecule has 12 bridgehead atoms. The first kappa shape index (κ1) is 91.6. The van der Waals surface area contributed by atoms with Crippen LogP contribution in [0.4, 0.5) is 0 Å². The summed E-state index contributed by atoms with van der Waals surface area (Å²) in [6, 6.07) is 0. The minimum absolute atomic E-state index is 0.0880. The van der Waals surface area contributed by atoms with E-state index in [1.807, 2.05) is 26.8 Å². The number of carbonyl (C=O) groups is 9. The number of rotatable bonds is 22. The van der Waals surface area contributed by atoms with Gasteiger partial charge in [-0.1, -0.05) is 111 Å². The zero-order chi connectivity index (χ0) is 85.9. The predicted molar refractivity (Wildman–Crippen MR) is 456 cm³/mol. The van der Waals surface area contributed by atoms with Crippen molar-refractivity contribution in [1.29, 1.82) is 0 Å². The third-order valence-electron chi connectivity index (χ3n) is 34.4. The van der Waals surface area contributed by atoms with E-state index in [0.717, 1.165) is 184 Å². The molecule has 18 nitrogen and oxygen atoms in total. The maximum absolute atomic E-state index is 12.4. The van der Waals surface area contributed by atoms with Crippen molar-refractivity contribution in [2.45, 2.75) is 348 Å². The third-order valence-corrected chi connectivity index (χ3v) is 34.4. The summed E-state index contributed by atoms with van der Waals surface area (Å²) < 4.78 is 49.6. The molecule has 0 heterocycles. The number of hydrogen-bond acceptors (Lipinski definition) is 18. The van der Waals surface area contributed by atoms with E-state index >= 15 is 0 Å². The van der Waals surface area contributed by atoms with E-state index in [4.69, 9.17) is 33.2 Å². The van der Waals surface area contributed by atoms with Gasteiger partial charge in [0.25, 0.3) is 0 Å². The smallest absolute Gasteiger partial charge is 0.334 e. The summed E-state index contributed by atoms with van der Waals surface area (Å²) in [6.07, 6.45) is 53.7. The van der Waals surface area contributed by atoms with E-state index in [1.165, 1.54) is 161 Å². The molecular weight excluding hydrogens is 1500 g/mol. The molecule has 17 aliphatic rings. The van der Waals surface area contributed by atoms with Crippen LogP contribution in [0.2, 0.25) is 0 Å². The molecule has 0 spiro atoms. The first-order valence-corrected chi connectivity index (χ1v) is 47.1. The molecule has 17 aliphatic carbocycles. The van der Waals surface area contributed by atoms with Crippen LogP contribution >= 0.6 is 0 Å². The van der Waals surface area contributed by atoms with Crippen LogP contribution in [-0.2, 0) is 85.8 Å². The van der Waals surface area contributed by atoms with Crippen molar-refractivity contribution in [3.8, 4) is 0 Å². The minimum atomic E-state index is -0.557. The molecule has 16 saturated carbocycles. The Bertz CT molecular complexity index is 3890. The molecule has 28 atom stereocenters. The van der Waals surface area contributed by atoms with Gasteiger partial charge in [-0.25, -0.2) is 38.4 Å². The van der Waals surface area contributed by atoms with Gasteiger partial charge in [-0.05, 0) is 323 Å². The van der Waals surface area contributed by atoms with Crippen molar-refractivity contribution < 1.29 is 85.8 Å². The summed E-state index contributed by atoms with van der Waals surface area (Å²) in [5.41, 5.74) is -0.567. The van der Waals surface area contributed by atoms with Gasteiger partial charge in [0, 0.05) is 82.6 Å². The standard InChI is InChI=1S/C20H30O4.C18H26O4.C17H24O4.C17H26O2.C16H24O2.C13H18O2/c1-5-20(12-13-11-16(20)15-8-6-7-14(13)15)24-18(22)10-9-17(21)23-19(2,3)4;1-4-18(22-17(20)11(2)8-16(19)21-3)10-12-9-15(18)14-7-5-6-13(12)14;1-3-17(21-16(19)8-7-15(18)20-2)10-11-9-14(17)13-6-4-5-12(11)13;1-4-11(3)16(18)19-17(5-2)10-12-9-15(17)14-8-6-7-13(12)14;1-3-6-15(17)18-16(4-2)10-11-9-14(16)13-8-5-7-12(11)13;1-4-13(15-12(14)9(2)3)8-10-5-6-11(13)7-10/h9-10,13-16H,5-8,11-12H2,1-4H3;12-15H,2,4-10H2,1,3H3;7-8,11-14H,3-6,9-10H2,1-2H3;4,12-15H,5-10H2,1-3H3;3,6,11-14H,4-5,7-10H2,1-2H3;5-6,10-11H,2,4,7-8H2,1,3H3/b10-9+;;8-7-;11-4+;6-3+;. The fraction of sp³-hybridized carbons (Fsp3) is 0.772. The van der Waals surface area contributed by atoms with E-state index < -0.39 is 41.4 Å². The predicted octanol–water partition coefficient (Wildman–Crippen LogP) is 20.8. The van der Waals surface area contributed by atoms with Crippen LogP contribution < -0.4 is 0 Å². The van der Waals surface area contributed by atoms with Crippen molar-refractivity contribution in [2.24, 2.45) is 130 Å². The highest BCUT2D eigenvalue weighted by Gasteiger charge is 2.67. The maximum Gasteiger partial charge on any atom is 0.334 e. The first-order valence-electron chi connectivity index (χ1n) is 47.1. The molecule has 0 amide bonds. The lowest BCUT2D eigenvalue weighted by molar-refractivity contribution is -0.167. The van der Waals surface area contributed by atoms with Gasteiger partial charge < -0.3 is 42.6 Å². The van der Waals surface area contributed by atoms with Crippen molar-refractivity contribution in [3.05, 3.63) is 84.6 Å². The number of allylic oxidation sites excluding steroid dienone is 3. The largest absolute Gasteiger partial charge is 0.469 e. The van der Waals surface area contributed by atoms with Crippen LogP contribution in [0.1, 0.15) is 308 Å². The quantitative estimate of drug-likeness (QED) is 0.0424. The Balaban J connectivity index is 0.000000132. The van der Waals surface area contributed by atoms with E-state index in [2.05, 4.69) is 76.3 Å². The summed E-state index contributed by atoms with van der Waals surface area (Å²) in [7, 11) is 2.60. The Morgan fingerprint density at radius 1 is 0.378 bits per heavy atom. The number of ether oxygens (including phenoxy) is 9. The molecule has 0 aromatic carbocycles. The first-order chi connectivity index (χ1) is 56.7. The molecule has 0 aromatic heterocycles. The monoisotopic (exact) mass is 1650 g/mol. The van der Waals surface area contributed by atoms with Crippen molar-refractivity contribution in [1.82, 2.24) is 0 Å². The van der Waals surface area contributed by atoms with E-state index in [-0.39, 0.29) is 63.5 Å². The van der Waals surface area contributed by atoms with Gasteiger partial charge in [-0.2, -0.15) is 0 Å². The average molecular weight is 1650 g/mol. The lowest BCUT2D eigenvalue weighted by atomic mass is 9.71. The normalized spacial score (nSPS) is 40.5. The summed E-state index contributed by atoms with van der Waals surface area (Å²) >= 11 is 0. The molecule has 0 radical (unpaired) electrons. The molecule has 0 N–H and O–H groups in total. The zero-order valence-corrected chi connectivity index (χ0v) is 75.2. The van der Waals surface area contributed by atoms with Gasteiger partial charge in [-0.15, -0.1) is 0 Å². The van der Waals surface area contributed by atoms with E-state index in [1.54, 1.807) is 39.8 Å². The topological polar surface area (TPSA) is 237 Å². The summed E-state index contributed by atoms with van der Waals surface area (Å²) in [4.78, 5) is 106. The van der Waals surface area contributed by atoms with Gasteiger partial charge in [0.15, 0.2) is 0 Å². The molecule has 17 rings (SSSR count). The number of esters is 9. The fourth-order valence-corrected chi connectivity index (χ4v) is 29.3. The van der Waals surface area contributed by atoms with Crippen molar-refractivity contribution in [2.75, 3.05) is 14.2 Å². The highest BCUT2D eigenvalue weighted by atomic mass is 16.6. The molecule has 28 unspecified atom stereocenters. The number of fused-ring (bicyclic) bond motifs is 27. The fourth-order valence-electron chi connectivity index (χ4n) is 29.3. The Labute approximate surface area is 712 Å². The number of hydrogen-bond donors (Lipinski definition) is 0. The van der Waals surface area contributed by atoms with E-state index in [0.29, 0.717) is 47.0 Å². The van der Waals surface area contributed by atoms with Crippen LogP contribution in [0.3, 0.4) is 0 Å². The lowest BCUT2D eigenvalue weighted by Gasteiger charge is -2.42. The second kappa shape index (κ2) is 37.9. The molecule has 660 valence electrons. The SMILES string of the molecule is C/C=C(\C)C(=O)OC1(CC)CC2CC1C1CCCC21.C/C=C/C(=O)OC1(CC)CC2CC1C1CCCC21.C=C(C)C(=O)OC1(CC)CC2C=CC1C2.C=C(CC(=O)OC)C(=O)OC1(CC)CC2CC1C1CCCC21.CCC1(OC(=O)/C=C/C(=O)OC(C)(C)C)CC2CC1C1CCCC21.CCC1(OC(=O)/C=C\C(=O)OC)CC2CC1C1CCCC21. The molecule has 119 heavy (non-hydrogen) atoms. The third kappa shape index (κ3) is 18.8. The van der Waals surface area contributed by atoms with Crippen molar-refractivity contribution >= 4 is 53.7 Å². The van der Waals surface area contributed by atoms with Crippen LogP contribution in [0.15, 0.2) is 84.6 Å². The molecule has 16 fully saturated rings. The van der Waals surface area contributed by atoms with Gasteiger partial charge in [0.05, 0.1) is 20.6 Å². The Kier molecular flexibility index (Phi) is 29.1. The minimum Gasteiger partial charge on any atom is -0.469 e. The number of methoxy groups -OCH3 is 2. The van der Waals surface area contributed by atoms with Crippen molar-refractivity contribution in [3.63, 3.8) is 0 Å². The summed E-state index contributed by atoms with van der Waals surface area (Å²) in [6.45, 7) is 32.9. The molecule has 0 aromatic rings. The van der Waals surface area contributed by atoms with Gasteiger partial charge in [0.1, 0.15) is 39.2 Å². The van der Waals surface area contributed by atoms with Crippen LogP contribution in [-0.4, -0.2) is 107 Å². The maximum atomic E-state index is 12.4. The summed E-state index contributed by atoms with van der Waals surface area (Å²) in [5, 5.41) is 0. The van der Waals surface area contributed by atoms with Crippen LogP contribution in [0.25, 0.3) is 0 Å². The molecule has 0 saturated heterocycles. The van der Waals surface area contributed by atoms with Gasteiger partial charge in [0.2, 0.25) is 0 Å². The Morgan fingerprint density at radius 2 is 0.697 bits per heavy atom. The highest BCUT2D eigenvalue weighted by Crippen LogP contribution is 2.69. The zero-order valence-electron chi connectivity index (χ0n) is 75.2.